The van der Waals surface area contributed by atoms with E-state index in [1.165, 1.54) is 37.2 Å². The SMILES string of the molecule is O=C(O)CC(O)(CC(=O)ON(C(=O)Nc1ccc(Cl)cc1Cl)c1ncnc2c1cnn2CCN1CCCCCC1)C(=O)O. The summed E-state index contributed by atoms with van der Waals surface area (Å²) in [4.78, 5) is 65.0. The Kier molecular flexibility index (Phi) is 10.3. The number of amides is 2. The molecule has 1 fully saturated rings. The molecule has 2 amide bonds. The number of rotatable bonds is 10. The lowest BCUT2D eigenvalue weighted by molar-refractivity contribution is -0.172. The van der Waals surface area contributed by atoms with Gasteiger partial charge in [0.05, 0.1) is 41.7 Å². The molecular formula is C26H29Cl2N7O8. The van der Waals surface area contributed by atoms with E-state index < -0.39 is 42.4 Å². The van der Waals surface area contributed by atoms with Gasteiger partial charge in [0.25, 0.3) is 0 Å². The van der Waals surface area contributed by atoms with Crippen LogP contribution in [-0.4, -0.2) is 89.1 Å². The lowest BCUT2D eigenvalue weighted by atomic mass is 9.96. The van der Waals surface area contributed by atoms with Gasteiger partial charge in [0.15, 0.2) is 17.1 Å². The number of likely N-dealkylation sites (tertiary alicyclic amines) is 1. The minimum Gasteiger partial charge on any atom is -0.481 e. The molecule has 3 heterocycles. The van der Waals surface area contributed by atoms with E-state index in [1.807, 2.05) is 0 Å². The molecule has 1 atom stereocenters. The first-order valence-corrected chi connectivity index (χ1v) is 14.1. The second-order valence-electron chi connectivity index (χ2n) is 9.95. The maximum Gasteiger partial charge on any atom is 0.361 e. The van der Waals surface area contributed by atoms with Crippen LogP contribution in [0.15, 0.2) is 30.7 Å². The molecule has 1 aliphatic rings. The summed E-state index contributed by atoms with van der Waals surface area (Å²) < 4.78 is 1.62. The number of anilines is 2. The van der Waals surface area contributed by atoms with Gasteiger partial charge in [-0.3, -0.25) is 4.79 Å². The Hall–Kier alpha value is -4.05. The lowest BCUT2D eigenvalue weighted by Crippen LogP contribution is -2.45. The number of benzene rings is 1. The predicted molar refractivity (Wildman–Crippen MR) is 154 cm³/mol. The van der Waals surface area contributed by atoms with Crippen LogP contribution < -0.4 is 10.4 Å². The van der Waals surface area contributed by atoms with Crippen molar-refractivity contribution in [2.24, 2.45) is 0 Å². The average Bonchev–Trinajstić information content (AvgIpc) is 3.17. The van der Waals surface area contributed by atoms with Crippen molar-refractivity contribution in [2.75, 3.05) is 30.0 Å². The summed E-state index contributed by atoms with van der Waals surface area (Å²) in [6.07, 6.45) is 4.52. The summed E-state index contributed by atoms with van der Waals surface area (Å²) in [6.45, 7) is 3.14. The Morgan fingerprint density at radius 3 is 2.40 bits per heavy atom. The smallest absolute Gasteiger partial charge is 0.361 e. The third-order valence-corrected chi connectivity index (χ3v) is 7.31. The number of aliphatic carboxylic acids is 2. The van der Waals surface area contributed by atoms with Crippen LogP contribution in [0.5, 0.6) is 0 Å². The minimum absolute atomic E-state index is 0.0583. The quantitative estimate of drug-likeness (QED) is 0.237. The summed E-state index contributed by atoms with van der Waals surface area (Å²) in [7, 11) is 0. The second kappa shape index (κ2) is 13.9. The Balaban J connectivity index is 1.64. The van der Waals surface area contributed by atoms with Gasteiger partial charge in [0.1, 0.15) is 6.33 Å². The zero-order valence-corrected chi connectivity index (χ0v) is 24.3. The van der Waals surface area contributed by atoms with Crippen LogP contribution >= 0.6 is 23.2 Å². The maximum absolute atomic E-state index is 13.5. The van der Waals surface area contributed by atoms with Gasteiger partial charge in [-0.2, -0.15) is 5.10 Å². The van der Waals surface area contributed by atoms with Crippen LogP contribution in [0.25, 0.3) is 11.0 Å². The van der Waals surface area contributed by atoms with Crippen LogP contribution in [0.4, 0.5) is 16.3 Å². The van der Waals surface area contributed by atoms with Crippen molar-refractivity contribution in [2.45, 2.75) is 50.7 Å². The fourth-order valence-electron chi connectivity index (χ4n) is 4.58. The number of urea groups is 1. The first-order valence-electron chi connectivity index (χ1n) is 13.3. The van der Waals surface area contributed by atoms with E-state index in [2.05, 4.69) is 25.3 Å². The van der Waals surface area contributed by atoms with Gasteiger partial charge in [0, 0.05) is 11.6 Å². The molecule has 0 aliphatic carbocycles. The molecule has 3 aromatic rings. The number of aromatic nitrogens is 4. The standard InChI is InChI=1S/C26H29Cl2N7O8/c27-16-5-6-19(18(28)11-16)32-25(41)35(43-21(38)13-26(42,24(39)40)12-20(36)37)23-17-14-31-34(22(17)29-15-30-23)10-9-33-7-3-1-2-4-8-33/h5-6,11,14-15,42H,1-4,7-10,12-13H2,(H,32,41)(H,36,37)(H,39,40). The molecule has 0 spiro atoms. The Morgan fingerprint density at radius 1 is 1.02 bits per heavy atom. The highest BCUT2D eigenvalue weighted by molar-refractivity contribution is 6.36. The van der Waals surface area contributed by atoms with E-state index in [-0.39, 0.29) is 21.9 Å². The average molecular weight is 638 g/mol. The normalized spacial score (nSPS) is 15.3. The topological polar surface area (TPSA) is 200 Å². The fraction of sp³-hybridized carbons (Fsp3) is 0.423. The molecule has 1 unspecified atom stereocenters. The van der Waals surface area contributed by atoms with Crippen molar-refractivity contribution < 1.29 is 39.3 Å². The van der Waals surface area contributed by atoms with E-state index in [4.69, 9.17) is 33.1 Å². The number of carboxylic acids is 2. The molecular weight excluding hydrogens is 609 g/mol. The zero-order valence-electron chi connectivity index (χ0n) is 22.8. The highest BCUT2D eigenvalue weighted by Gasteiger charge is 2.42. The predicted octanol–water partition coefficient (Wildman–Crippen LogP) is 3.19. The number of carboxylic acid groups (broad SMARTS) is 2. The van der Waals surface area contributed by atoms with E-state index in [9.17, 15) is 29.4 Å². The van der Waals surface area contributed by atoms with E-state index >= 15 is 0 Å². The molecule has 1 saturated heterocycles. The number of hydrogen-bond acceptors (Lipinski definition) is 10. The molecule has 1 aromatic carbocycles. The molecule has 4 N–H and O–H groups in total. The Bertz CT molecular complexity index is 1510. The summed E-state index contributed by atoms with van der Waals surface area (Å²) in [6, 6.07) is 3.13. The summed E-state index contributed by atoms with van der Waals surface area (Å²) in [5.74, 6) is -5.32. The zero-order chi connectivity index (χ0) is 31.1. The number of hydrogen-bond donors (Lipinski definition) is 4. The molecule has 2 aromatic heterocycles. The third-order valence-electron chi connectivity index (χ3n) is 6.76. The largest absolute Gasteiger partial charge is 0.481 e. The summed E-state index contributed by atoms with van der Waals surface area (Å²) in [5, 5.41) is 36.6. The highest BCUT2D eigenvalue weighted by Crippen LogP contribution is 2.29. The molecule has 1 aliphatic heterocycles. The van der Waals surface area contributed by atoms with E-state index in [1.54, 1.807) is 4.68 Å². The van der Waals surface area contributed by atoms with E-state index in [0.717, 1.165) is 32.3 Å². The summed E-state index contributed by atoms with van der Waals surface area (Å²) in [5.41, 5.74) is -2.60. The van der Waals surface area contributed by atoms with Crippen LogP contribution in [0.1, 0.15) is 38.5 Å². The van der Waals surface area contributed by atoms with Crippen LogP contribution in [0.3, 0.4) is 0 Å². The Morgan fingerprint density at radius 2 is 1.74 bits per heavy atom. The van der Waals surface area contributed by atoms with Crippen molar-refractivity contribution in [1.29, 1.82) is 0 Å². The number of carbonyl (C=O) groups excluding carboxylic acids is 2. The molecule has 17 heteroatoms. The van der Waals surface area contributed by atoms with Gasteiger partial charge < -0.3 is 30.4 Å². The number of fused-ring (bicyclic) bond motifs is 1. The minimum atomic E-state index is -3.01. The number of nitrogens with zero attached hydrogens (tertiary/aromatic N) is 6. The van der Waals surface area contributed by atoms with Crippen LogP contribution in [-0.2, 0) is 25.8 Å². The highest BCUT2D eigenvalue weighted by atomic mass is 35.5. The number of halogens is 2. The molecule has 15 nitrogen and oxygen atoms in total. The lowest BCUT2D eigenvalue weighted by Gasteiger charge is -2.24. The molecule has 0 bridgehead atoms. The van der Waals surface area contributed by atoms with Gasteiger partial charge in [-0.25, -0.2) is 29.0 Å². The maximum atomic E-state index is 13.5. The van der Waals surface area contributed by atoms with Crippen molar-refractivity contribution in [3.8, 4) is 0 Å². The van der Waals surface area contributed by atoms with Crippen molar-refractivity contribution in [3.63, 3.8) is 0 Å². The van der Waals surface area contributed by atoms with Crippen LogP contribution in [0, 0.1) is 0 Å². The first-order chi connectivity index (χ1) is 20.5. The number of carbonyl (C=O) groups is 4. The Labute approximate surface area is 254 Å². The molecule has 0 radical (unpaired) electrons. The first kappa shape index (κ1) is 31.9. The second-order valence-corrected chi connectivity index (χ2v) is 10.8. The van der Waals surface area contributed by atoms with Crippen molar-refractivity contribution in [3.05, 3.63) is 40.8 Å². The molecule has 43 heavy (non-hydrogen) atoms. The third kappa shape index (κ3) is 8.07. The number of nitrogens with one attached hydrogen (secondary N) is 1. The van der Waals surface area contributed by atoms with E-state index in [0.29, 0.717) is 28.8 Å². The number of aliphatic hydroxyl groups is 1. The van der Waals surface area contributed by atoms with Gasteiger partial charge >= 0.3 is 23.9 Å². The van der Waals surface area contributed by atoms with Gasteiger partial charge in [-0.05, 0) is 44.1 Å². The molecule has 230 valence electrons. The van der Waals surface area contributed by atoms with Gasteiger partial charge in [-0.1, -0.05) is 36.0 Å². The van der Waals surface area contributed by atoms with Crippen molar-refractivity contribution >= 4 is 69.7 Å². The van der Waals surface area contributed by atoms with Crippen molar-refractivity contribution in [1.82, 2.24) is 24.6 Å². The number of hydroxylamine groups is 1. The van der Waals surface area contributed by atoms with Crippen LogP contribution in [0.2, 0.25) is 10.0 Å². The van der Waals surface area contributed by atoms with Gasteiger partial charge in [-0.15, -0.1) is 5.06 Å². The molecule has 4 rings (SSSR count). The summed E-state index contributed by atoms with van der Waals surface area (Å²) >= 11 is 12.1. The fourth-order valence-corrected chi connectivity index (χ4v) is 5.03. The van der Waals surface area contributed by atoms with Gasteiger partial charge in [0.2, 0.25) is 0 Å². The monoisotopic (exact) mass is 637 g/mol. The molecule has 0 saturated carbocycles.